The van der Waals surface area contributed by atoms with Gasteiger partial charge in [0, 0.05) is 11.8 Å². The first kappa shape index (κ1) is 17.8. The van der Waals surface area contributed by atoms with Crippen LogP contribution >= 0.6 is 34.4 Å². The lowest BCUT2D eigenvalue weighted by Gasteiger charge is -2.06. The van der Waals surface area contributed by atoms with Gasteiger partial charge in [0.25, 0.3) is 5.56 Å². The molecule has 0 aliphatic carbocycles. The van der Waals surface area contributed by atoms with E-state index < -0.39 is 5.91 Å². The summed E-state index contributed by atoms with van der Waals surface area (Å²) in [7, 11) is 0. The van der Waals surface area contributed by atoms with Crippen molar-refractivity contribution in [2.75, 3.05) is 0 Å². The summed E-state index contributed by atoms with van der Waals surface area (Å²) in [4.78, 5) is 29.6. The first-order valence-corrected chi connectivity index (χ1v) is 10.4. The van der Waals surface area contributed by atoms with Crippen LogP contribution in [-0.2, 0) is 17.1 Å². The lowest BCUT2D eigenvalue weighted by Crippen LogP contribution is -2.20. The highest BCUT2D eigenvalue weighted by molar-refractivity contribution is 7.98. The predicted octanol–water partition coefficient (Wildman–Crippen LogP) is 1.56. The van der Waals surface area contributed by atoms with Gasteiger partial charge in [-0.2, -0.15) is 9.61 Å². The minimum absolute atomic E-state index is 0.0221. The van der Waals surface area contributed by atoms with Crippen molar-refractivity contribution in [1.82, 2.24) is 29.4 Å². The molecule has 4 aromatic rings. The van der Waals surface area contributed by atoms with Gasteiger partial charge in [-0.25, -0.2) is 4.98 Å². The Labute approximate surface area is 164 Å². The van der Waals surface area contributed by atoms with Gasteiger partial charge in [-0.3, -0.25) is 14.2 Å². The molecule has 27 heavy (non-hydrogen) atoms. The number of thiophene rings is 1. The Kier molecular flexibility index (Phi) is 4.76. The molecule has 0 radical (unpaired) electrons. The molecule has 0 saturated heterocycles. The van der Waals surface area contributed by atoms with Crippen LogP contribution in [-0.4, -0.2) is 35.3 Å². The summed E-state index contributed by atoms with van der Waals surface area (Å²) in [6.07, 6.45) is 0. The van der Waals surface area contributed by atoms with E-state index in [9.17, 15) is 9.59 Å². The maximum absolute atomic E-state index is 12.2. The van der Waals surface area contributed by atoms with Crippen LogP contribution in [0.5, 0.6) is 0 Å². The highest BCUT2D eigenvalue weighted by Crippen LogP contribution is 2.28. The monoisotopic (exact) mass is 419 g/mol. The number of amides is 1. The highest BCUT2D eigenvalue weighted by Gasteiger charge is 2.17. The number of carbonyl (C=O) groups excluding carboxylic acids is 1. The van der Waals surface area contributed by atoms with Crippen LogP contribution in [0.2, 0.25) is 0 Å². The fraction of sp³-hybridized carbons (Fsp3) is 0.200. The average Bonchev–Trinajstić information content (AvgIpc) is 3.32. The van der Waals surface area contributed by atoms with E-state index >= 15 is 0 Å². The van der Waals surface area contributed by atoms with Crippen molar-refractivity contribution in [2.24, 2.45) is 5.73 Å². The van der Waals surface area contributed by atoms with Crippen molar-refractivity contribution >= 4 is 45.3 Å². The quantitative estimate of drug-likeness (QED) is 0.471. The number of nitrogens with zero attached hydrogens (tertiary/aromatic N) is 6. The zero-order valence-electron chi connectivity index (χ0n) is 14.0. The highest BCUT2D eigenvalue weighted by atomic mass is 32.2. The fourth-order valence-electron chi connectivity index (χ4n) is 2.45. The van der Waals surface area contributed by atoms with E-state index in [1.807, 2.05) is 24.4 Å². The van der Waals surface area contributed by atoms with Crippen molar-refractivity contribution in [2.45, 2.75) is 24.4 Å². The maximum atomic E-state index is 12.2. The van der Waals surface area contributed by atoms with Crippen LogP contribution in [0.1, 0.15) is 10.7 Å². The van der Waals surface area contributed by atoms with Gasteiger partial charge >= 0.3 is 0 Å². The number of rotatable bonds is 6. The summed E-state index contributed by atoms with van der Waals surface area (Å²) < 4.78 is 2.97. The number of aryl methyl sites for hydroxylation is 1. The number of aromatic nitrogens is 6. The summed E-state index contributed by atoms with van der Waals surface area (Å²) in [6.45, 7) is 1.80. The second-order valence-corrected chi connectivity index (χ2v) is 8.58. The van der Waals surface area contributed by atoms with Crippen molar-refractivity contribution < 1.29 is 4.79 Å². The Morgan fingerprint density at radius 1 is 1.37 bits per heavy atom. The van der Waals surface area contributed by atoms with Crippen molar-refractivity contribution in [3.63, 3.8) is 0 Å². The molecule has 4 rings (SSSR count). The third kappa shape index (κ3) is 3.63. The number of fused-ring (bicyclic) bond motifs is 1. The van der Waals surface area contributed by atoms with E-state index in [1.54, 1.807) is 4.57 Å². The van der Waals surface area contributed by atoms with Crippen molar-refractivity contribution in [3.8, 4) is 10.7 Å². The first-order chi connectivity index (χ1) is 13.0. The molecule has 0 saturated carbocycles. The van der Waals surface area contributed by atoms with Gasteiger partial charge in [-0.1, -0.05) is 29.2 Å². The summed E-state index contributed by atoms with van der Waals surface area (Å²) in [6, 6.07) is 5.26. The molecule has 9 nitrogen and oxygen atoms in total. The Balaban J connectivity index is 1.63. The van der Waals surface area contributed by atoms with Gasteiger partial charge in [0.1, 0.15) is 11.6 Å². The predicted molar refractivity (Wildman–Crippen MR) is 104 cm³/mol. The van der Waals surface area contributed by atoms with Gasteiger partial charge in [0.15, 0.2) is 11.0 Å². The minimum Gasteiger partial charge on any atom is -0.368 e. The molecular formula is C15H13N7O2S3. The third-order valence-electron chi connectivity index (χ3n) is 3.52. The van der Waals surface area contributed by atoms with Gasteiger partial charge in [0.2, 0.25) is 10.9 Å². The largest absolute Gasteiger partial charge is 0.368 e. The summed E-state index contributed by atoms with van der Waals surface area (Å²) in [5, 5.41) is 15.7. The van der Waals surface area contributed by atoms with Crippen LogP contribution < -0.4 is 11.3 Å². The van der Waals surface area contributed by atoms with Gasteiger partial charge < -0.3 is 5.73 Å². The second kappa shape index (κ2) is 7.21. The molecule has 0 aliphatic rings. The van der Waals surface area contributed by atoms with Gasteiger partial charge in [-0.05, 0) is 18.4 Å². The van der Waals surface area contributed by atoms with Crippen molar-refractivity contribution in [1.29, 1.82) is 0 Å². The molecule has 4 aromatic heterocycles. The molecule has 0 aromatic carbocycles. The lowest BCUT2D eigenvalue weighted by atomic mass is 10.4. The molecule has 0 spiro atoms. The zero-order valence-corrected chi connectivity index (χ0v) is 16.5. The summed E-state index contributed by atoms with van der Waals surface area (Å²) in [5.41, 5.74) is 5.77. The molecule has 2 N–H and O–H groups in total. The van der Waals surface area contributed by atoms with Crippen LogP contribution in [0.25, 0.3) is 15.7 Å². The lowest BCUT2D eigenvalue weighted by molar-refractivity contribution is -0.118. The smallest absolute Gasteiger partial charge is 0.275 e. The number of primary amides is 1. The molecule has 4 heterocycles. The number of carbonyl (C=O) groups is 1. The molecule has 138 valence electrons. The van der Waals surface area contributed by atoms with Crippen LogP contribution in [0, 0.1) is 6.92 Å². The average molecular weight is 420 g/mol. The summed E-state index contributed by atoms with van der Waals surface area (Å²) in [5.74, 6) is 0.518. The fourth-order valence-corrected chi connectivity index (χ4v) is 4.76. The normalized spacial score (nSPS) is 11.3. The molecular weight excluding hydrogens is 406 g/mol. The van der Waals surface area contributed by atoms with E-state index in [0.29, 0.717) is 27.4 Å². The van der Waals surface area contributed by atoms with Crippen LogP contribution in [0.4, 0.5) is 0 Å². The summed E-state index contributed by atoms with van der Waals surface area (Å²) >= 11 is 4.20. The Bertz CT molecular complexity index is 1180. The number of hydrogen-bond acceptors (Lipinski definition) is 9. The van der Waals surface area contributed by atoms with E-state index in [0.717, 1.165) is 9.88 Å². The van der Waals surface area contributed by atoms with Crippen molar-refractivity contribution in [3.05, 3.63) is 44.6 Å². The number of thioether (sulfide) groups is 1. The second-order valence-electron chi connectivity index (χ2n) is 5.53. The Morgan fingerprint density at radius 2 is 2.22 bits per heavy atom. The SMILES string of the molecule is Cc1nn2c(=O)cc(CSc3nnc(-c4cccs4)n3CC(N)=O)nc2s1. The minimum atomic E-state index is -0.479. The van der Waals surface area contributed by atoms with E-state index in [4.69, 9.17) is 5.73 Å². The van der Waals surface area contributed by atoms with Crippen LogP contribution in [0.15, 0.2) is 33.5 Å². The van der Waals surface area contributed by atoms with Crippen LogP contribution in [0.3, 0.4) is 0 Å². The maximum Gasteiger partial charge on any atom is 0.275 e. The molecule has 0 aliphatic heterocycles. The molecule has 1 amide bonds. The number of nitrogens with two attached hydrogens (primary N) is 1. The molecule has 0 fully saturated rings. The van der Waals surface area contributed by atoms with Gasteiger partial charge in [0.05, 0.1) is 10.6 Å². The molecule has 0 bridgehead atoms. The van der Waals surface area contributed by atoms with E-state index in [-0.39, 0.29) is 12.1 Å². The molecule has 0 unspecified atom stereocenters. The standard InChI is InChI=1S/C15H13N7O2S3/c1-8-20-22-12(24)5-9(17-14(22)27-8)7-26-15-19-18-13(10-3-2-4-25-10)21(15)6-11(16)23/h2-5H,6-7H2,1H3,(H2,16,23). The van der Waals surface area contributed by atoms with E-state index in [2.05, 4.69) is 20.3 Å². The zero-order chi connectivity index (χ0) is 19.0. The topological polar surface area (TPSA) is 121 Å². The number of hydrogen-bond donors (Lipinski definition) is 1. The Morgan fingerprint density at radius 3 is 2.96 bits per heavy atom. The Hall–Kier alpha value is -2.57. The first-order valence-electron chi connectivity index (χ1n) is 7.76. The van der Waals surface area contributed by atoms with Gasteiger partial charge in [-0.15, -0.1) is 21.5 Å². The third-order valence-corrected chi connectivity index (χ3v) is 6.21. The molecule has 0 atom stereocenters. The molecule has 12 heteroatoms. The van der Waals surface area contributed by atoms with E-state index in [1.165, 1.54) is 45.0 Å².